The maximum atomic E-state index is 11.4. The summed E-state index contributed by atoms with van der Waals surface area (Å²) in [4.78, 5) is 11.4. The molecule has 0 radical (unpaired) electrons. The van der Waals surface area contributed by atoms with Gasteiger partial charge in [0.05, 0.1) is 19.8 Å². The Morgan fingerprint density at radius 2 is 1.57 bits per heavy atom. The van der Waals surface area contributed by atoms with Crippen molar-refractivity contribution in [3.63, 3.8) is 0 Å². The molecule has 0 aliphatic heterocycles. The van der Waals surface area contributed by atoms with Crippen LogP contribution in [-0.4, -0.2) is 36.0 Å². The summed E-state index contributed by atoms with van der Waals surface area (Å²) in [5.41, 5.74) is -1.30. The molecule has 0 atom stereocenters. The number of ether oxygens (including phenoxy) is 1. The normalized spacial score (nSPS) is 12.7. The third-order valence-electron chi connectivity index (χ3n) is 1.83. The molecule has 4 heteroatoms. The molecule has 0 rings (SSSR count). The quantitative estimate of drug-likeness (QED) is 0.657. The predicted octanol–water partition coefficient (Wildman–Crippen LogP) is 0.567. The molecule has 0 saturated heterocycles. The summed E-state index contributed by atoms with van der Waals surface area (Å²) in [5.74, 6) is -0.558. The lowest BCUT2D eigenvalue weighted by molar-refractivity contribution is -0.162. The first-order valence-electron chi connectivity index (χ1n) is 4.64. The first kappa shape index (κ1) is 13.4. The van der Waals surface area contributed by atoms with Gasteiger partial charge in [0, 0.05) is 0 Å². The van der Waals surface area contributed by atoms with Crippen LogP contribution < -0.4 is 0 Å². The molecule has 14 heavy (non-hydrogen) atoms. The van der Waals surface area contributed by atoms with Gasteiger partial charge in [-0.1, -0.05) is 20.8 Å². The van der Waals surface area contributed by atoms with Gasteiger partial charge < -0.3 is 14.9 Å². The van der Waals surface area contributed by atoms with Crippen LogP contribution in [-0.2, 0) is 9.53 Å². The van der Waals surface area contributed by atoms with Gasteiger partial charge in [0.1, 0.15) is 5.41 Å². The number of hydrogen-bond donors (Lipinski definition) is 2. The van der Waals surface area contributed by atoms with Gasteiger partial charge in [-0.15, -0.1) is 0 Å². The first-order valence-corrected chi connectivity index (χ1v) is 4.64. The smallest absolute Gasteiger partial charge is 0.316 e. The van der Waals surface area contributed by atoms with Gasteiger partial charge >= 0.3 is 5.97 Å². The summed E-state index contributed by atoms with van der Waals surface area (Å²) in [7, 11) is 0. The zero-order chi connectivity index (χ0) is 11.4. The van der Waals surface area contributed by atoms with Crippen LogP contribution in [0.25, 0.3) is 0 Å². The average Bonchev–Trinajstić information content (AvgIpc) is 2.11. The minimum absolute atomic E-state index is 0.110. The topological polar surface area (TPSA) is 66.8 Å². The summed E-state index contributed by atoms with van der Waals surface area (Å²) in [6.45, 7) is 6.75. The predicted molar refractivity (Wildman–Crippen MR) is 52.7 cm³/mol. The van der Waals surface area contributed by atoms with E-state index in [1.807, 2.05) is 20.8 Å². The molecular formula is C10H20O4. The van der Waals surface area contributed by atoms with Crippen LogP contribution in [0.15, 0.2) is 0 Å². The molecule has 0 aromatic heterocycles. The Hall–Kier alpha value is -0.610. The highest BCUT2D eigenvalue weighted by molar-refractivity contribution is 5.76. The standard InChI is InChI=1S/C10H20O4/c1-9(2,3)7-14-8(13)10(4,5-11)6-12/h11-12H,5-7H2,1-4H3. The second kappa shape index (κ2) is 4.75. The molecule has 2 N–H and O–H groups in total. The zero-order valence-electron chi connectivity index (χ0n) is 9.33. The van der Waals surface area contributed by atoms with E-state index in [9.17, 15) is 4.79 Å². The number of aliphatic hydroxyl groups excluding tert-OH is 2. The Morgan fingerprint density at radius 3 is 1.86 bits per heavy atom. The van der Waals surface area contributed by atoms with E-state index in [0.717, 1.165) is 0 Å². The lowest BCUT2D eigenvalue weighted by atomic mass is 9.93. The molecule has 0 saturated carbocycles. The summed E-state index contributed by atoms with van der Waals surface area (Å²) < 4.78 is 4.99. The third-order valence-corrected chi connectivity index (χ3v) is 1.83. The highest BCUT2D eigenvalue weighted by Gasteiger charge is 2.34. The number of hydrogen-bond acceptors (Lipinski definition) is 4. The van der Waals surface area contributed by atoms with Crippen LogP contribution >= 0.6 is 0 Å². The maximum Gasteiger partial charge on any atom is 0.316 e. The second-order valence-electron chi connectivity index (χ2n) is 5.01. The van der Waals surface area contributed by atoms with Crippen molar-refractivity contribution in [2.75, 3.05) is 19.8 Å². The number of carbonyl (C=O) groups excluding carboxylic acids is 1. The van der Waals surface area contributed by atoms with Crippen molar-refractivity contribution >= 4 is 5.97 Å². The van der Waals surface area contributed by atoms with Crippen LogP contribution in [0, 0.1) is 10.8 Å². The van der Waals surface area contributed by atoms with Gasteiger partial charge in [-0.25, -0.2) is 0 Å². The number of aliphatic hydroxyl groups is 2. The molecule has 0 aliphatic rings. The van der Waals surface area contributed by atoms with Crippen molar-refractivity contribution in [3.05, 3.63) is 0 Å². The Labute approximate surface area is 84.9 Å². The van der Waals surface area contributed by atoms with E-state index in [0.29, 0.717) is 0 Å². The van der Waals surface area contributed by atoms with Crippen LogP contribution in [0.4, 0.5) is 0 Å². The van der Waals surface area contributed by atoms with E-state index in [1.165, 1.54) is 6.92 Å². The van der Waals surface area contributed by atoms with Gasteiger partial charge in [0.25, 0.3) is 0 Å². The Morgan fingerprint density at radius 1 is 1.14 bits per heavy atom. The molecule has 84 valence electrons. The molecule has 4 nitrogen and oxygen atoms in total. The highest BCUT2D eigenvalue weighted by Crippen LogP contribution is 2.19. The van der Waals surface area contributed by atoms with E-state index in [-0.39, 0.29) is 12.0 Å². The monoisotopic (exact) mass is 204 g/mol. The van der Waals surface area contributed by atoms with Gasteiger partial charge in [-0.2, -0.15) is 0 Å². The van der Waals surface area contributed by atoms with Crippen LogP contribution in [0.1, 0.15) is 27.7 Å². The fourth-order valence-corrected chi connectivity index (χ4v) is 0.635. The van der Waals surface area contributed by atoms with Crippen LogP contribution in [0.3, 0.4) is 0 Å². The summed E-state index contributed by atoms with van der Waals surface area (Å²) in [6.07, 6.45) is 0. The van der Waals surface area contributed by atoms with E-state index in [4.69, 9.17) is 14.9 Å². The van der Waals surface area contributed by atoms with E-state index in [2.05, 4.69) is 0 Å². The van der Waals surface area contributed by atoms with Crippen molar-refractivity contribution < 1.29 is 19.7 Å². The summed E-state index contributed by atoms with van der Waals surface area (Å²) in [6, 6.07) is 0. The summed E-state index contributed by atoms with van der Waals surface area (Å²) >= 11 is 0. The molecule has 0 spiro atoms. The Bertz CT molecular complexity index is 189. The van der Waals surface area contributed by atoms with E-state index < -0.39 is 24.6 Å². The van der Waals surface area contributed by atoms with Crippen LogP contribution in [0.2, 0.25) is 0 Å². The van der Waals surface area contributed by atoms with Gasteiger partial charge in [-0.05, 0) is 12.3 Å². The lowest BCUT2D eigenvalue weighted by Gasteiger charge is -2.25. The highest BCUT2D eigenvalue weighted by atomic mass is 16.5. The fraction of sp³-hybridized carbons (Fsp3) is 0.900. The lowest BCUT2D eigenvalue weighted by Crippen LogP contribution is -2.38. The molecule has 0 aromatic carbocycles. The maximum absolute atomic E-state index is 11.4. The van der Waals surface area contributed by atoms with Gasteiger partial charge in [0.2, 0.25) is 0 Å². The van der Waals surface area contributed by atoms with Crippen molar-refractivity contribution in [2.24, 2.45) is 10.8 Å². The van der Waals surface area contributed by atoms with Crippen molar-refractivity contribution in [1.82, 2.24) is 0 Å². The third kappa shape index (κ3) is 4.07. The van der Waals surface area contributed by atoms with Gasteiger partial charge in [-0.3, -0.25) is 4.79 Å². The van der Waals surface area contributed by atoms with Gasteiger partial charge in [0.15, 0.2) is 0 Å². The van der Waals surface area contributed by atoms with Crippen molar-refractivity contribution in [2.45, 2.75) is 27.7 Å². The van der Waals surface area contributed by atoms with E-state index >= 15 is 0 Å². The number of esters is 1. The molecule has 0 amide bonds. The van der Waals surface area contributed by atoms with Crippen LogP contribution in [0.5, 0.6) is 0 Å². The average molecular weight is 204 g/mol. The Balaban J connectivity index is 4.20. The van der Waals surface area contributed by atoms with E-state index in [1.54, 1.807) is 0 Å². The zero-order valence-corrected chi connectivity index (χ0v) is 9.33. The van der Waals surface area contributed by atoms with Crippen molar-refractivity contribution in [3.8, 4) is 0 Å². The minimum atomic E-state index is -1.19. The minimum Gasteiger partial charge on any atom is -0.465 e. The largest absolute Gasteiger partial charge is 0.465 e. The SMILES string of the molecule is CC(C)(C)COC(=O)C(C)(CO)CO. The molecule has 0 aromatic rings. The fourth-order valence-electron chi connectivity index (χ4n) is 0.635. The summed E-state index contributed by atoms with van der Waals surface area (Å²) in [5, 5.41) is 17.8. The molecule has 0 fully saturated rings. The molecule has 0 heterocycles. The molecule has 0 unspecified atom stereocenters. The second-order valence-corrected chi connectivity index (χ2v) is 5.01. The molecular weight excluding hydrogens is 184 g/mol. The molecule has 0 aliphatic carbocycles. The molecule has 0 bridgehead atoms. The first-order chi connectivity index (χ1) is 6.25. The van der Waals surface area contributed by atoms with Crippen molar-refractivity contribution in [1.29, 1.82) is 0 Å². The number of rotatable bonds is 4. The number of carbonyl (C=O) groups is 1. The Kier molecular flexibility index (Phi) is 4.55.